The van der Waals surface area contributed by atoms with Gasteiger partial charge in [0, 0.05) is 23.7 Å². The number of hydrogen-bond acceptors (Lipinski definition) is 8. The predicted molar refractivity (Wildman–Crippen MR) is 252 cm³/mol. The highest BCUT2D eigenvalue weighted by molar-refractivity contribution is 5.94. The summed E-state index contributed by atoms with van der Waals surface area (Å²) in [6.45, 7) is 8.28. The number of aromatic nitrogens is 4. The molecule has 4 N–H and O–H groups in total. The molecule has 6 atom stereocenters. The molecular formula is C51H60N8O6. The molecule has 4 heterocycles. The molecule has 4 amide bonds. The number of carbonyl (C=O) groups is 4. The summed E-state index contributed by atoms with van der Waals surface area (Å²) in [5, 5.41) is 9.93. The number of methoxy groups -OCH3 is 2. The van der Waals surface area contributed by atoms with E-state index in [1.54, 1.807) is 0 Å². The first kappa shape index (κ1) is 44.9. The minimum absolute atomic E-state index is 0. The Bertz CT molecular complexity index is 2740. The fourth-order valence-corrected chi connectivity index (χ4v) is 10.2. The lowest BCUT2D eigenvalue weighted by Gasteiger charge is -2.37. The third-order valence-electron chi connectivity index (χ3n) is 13.6. The van der Waals surface area contributed by atoms with Gasteiger partial charge in [-0.1, -0.05) is 83.7 Å². The molecule has 1 saturated carbocycles. The van der Waals surface area contributed by atoms with Crippen LogP contribution in [-0.2, 0) is 19.1 Å². The van der Waals surface area contributed by atoms with Crippen LogP contribution in [0.5, 0.6) is 0 Å². The van der Waals surface area contributed by atoms with Crippen LogP contribution in [0.3, 0.4) is 0 Å². The minimum atomic E-state index is -0.688. The molecule has 2 aliphatic heterocycles. The van der Waals surface area contributed by atoms with Crippen molar-refractivity contribution < 1.29 is 28.7 Å². The van der Waals surface area contributed by atoms with Gasteiger partial charge in [0.1, 0.15) is 23.7 Å². The number of aromatic amines is 2. The molecule has 1 aliphatic carbocycles. The molecule has 9 rings (SSSR count). The van der Waals surface area contributed by atoms with Gasteiger partial charge in [-0.05, 0) is 107 Å². The second-order valence-corrected chi connectivity index (χ2v) is 18.2. The number of alkyl carbamates (subject to hydrolysis) is 2. The Balaban J connectivity index is 0.00000576. The zero-order valence-electron chi connectivity index (χ0n) is 37.2. The third-order valence-corrected chi connectivity index (χ3v) is 13.6. The van der Waals surface area contributed by atoms with Crippen molar-refractivity contribution in [3.63, 3.8) is 0 Å². The second kappa shape index (κ2) is 18.4. The normalized spacial score (nSPS) is 20.0. The number of piperidine rings is 1. The van der Waals surface area contributed by atoms with E-state index in [4.69, 9.17) is 19.4 Å². The number of rotatable bonds is 11. The molecule has 14 heteroatoms. The monoisotopic (exact) mass is 880 g/mol. The maximum atomic E-state index is 14.0. The summed E-state index contributed by atoms with van der Waals surface area (Å²) in [6.07, 6.45) is 7.03. The molecule has 14 nitrogen and oxygen atoms in total. The molecule has 3 aliphatic rings. The van der Waals surface area contributed by atoms with Crippen molar-refractivity contribution in [2.75, 3.05) is 20.8 Å². The first-order valence-corrected chi connectivity index (χ1v) is 22.4. The average molecular weight is 881 g/mol. The SMILES string of the molecule is C.COC(=O)N[C@H](C(=O)N1CCC[C@H]1c1ncc(-c2ccc3cc(-c4ccc5cc(-c6cnc([C@@H]7[C@H]8CC[C@H](C8)N7C(=O)[C@@H](NC(=O)OC)C(C)C)[nH]6)ccc5c4)ccc3c2)[nH]1)C(C)C. The van der Waals surface area contributed by atoms with Crippen LogP contribution < -0.4 is 10.6 Å². The molecular weight excluding hydrogens is 821 g/mol. The quantitative estimate of drug-likeness (QED) is 0.0996. The number of nitrogens with zero attached hydrogens (tertiary/aromatic N) is 4. The summed E-state index contributed by atoms with van der Waals surface area (Å²) in [5.74, 6) is 1.39. The summed E-state index contributed by atoms with van der Waals surface area (Å²) in [7, 11) is 2.61. The van der Waals surface area contributed by atoms with E-state index in [1.807, 2.05) is 49.9 Å². The van der Waals surface area contributed by atoms with Crippen molar-refractivity contribution in [1.82, 2.24) is 40.4 Å². The molecule has 0 unspecified atom stereocenters. The van der Waals surface area contributed by atoms with E-state index >= 15 is 0 Å². The molecule has 65 heavy (non-hydrogen) atoms. The highest BCUT2D eigenvalue weighted by Gasteiger charge is 2.51. The van der Waals surface area contributed by atoms with E-state index in [0.29, 0.717) is 12.5 Å². The molecule has 0 radical (unpaired) electrons. The van der Waals surface area contributed by atoms with E-state index in [9.17, 15) is 19.2 Å². The van der Waals surface area contributed by atoms with Crippen LogP contribution in [0.2, 0.25) is 0 Å². The van der Waals surface area contributed by atoms with E-state index in [1.165, 1.54) is 14.2 Å². The topological polar surface area (TPSA) is 175 Å². The van der Waals surface area contributed by atoms with Gasteiger partial charge in [-0.15, -0.1) is 0 Å². The van der Waals surface area contributed by atoms with Crippen molar-refractivity contribution in [3.05, 3.63) is 96.8 Å². The Hall–Kier alpha value is -6.70. The van der Waals surface area contributed by atoms with E-state index < -0.39 is 24.3 Å². The summed E-state index contributed by atoms with van der Waals surface area (Å²) in [5.41, 5.74) is 6.02. The second-order valence-electron chi connectivity index (χ2n) is 18.2. The van der Waals surface area contributed by atoms with Crippen molar-refractivity contribution in [2.45, 2.75) is 97.4 Å². The molecule has 4 aromatic carbocycles. The number of carbonyl (C=O) groups excluding carboxylic acids is 4. The van der Waals surface area contributed by atoms with Gasteiger partial charge in [-0.2, -0.15) is 0 Å². The van der Waals surface area contributed by atoms with E-state index in [2.05, 4.69) is 93.4 Å². The third kappa shape index (κ3) is 8.65. The van der Waals surface area contributed by atoms with Gasteiger partial charge in [0.05, 0.1) is 50.1 Å². The van der Waals surface area contributed by atoms with Gasteiger partial charge >= 0.3 is 12.2 Å². The fraction of sp³-hybridized carbons (Fsp3) is 0.412. The molecule has 340 valence electrons. The standard InChI is InChI=1S/C50H56N8O6.CH4/c1-27(2)42(55-49(61)63-5)47(59)57-19-7-8-41(57)45-51-25-39(53-45)35-15-13-31-20-29(9-11-33(31)22-35)30-10-12-34-23-36(16-14-32(34)21-30)40-26-52-46(54-40)44-37-17-18-38(24-37)58(44)48(60)43(28(3)4)56-50(62)64-6;/h9-16,20-23,25-28,37-38,41-44H,7-8,17-19,24H2,1-6H3,(H,51,53)(H,52,54)(H,55,61)(H,56,62);1H4/t37-,38+,41-,42-,43-,44-;/m0./s1. The van der Waals surface area contributed by atoms with Crippen molar-refractivity contribution in [1.29, 1.82) is 0 Å². The lowest BCUT2D eigenvalue weighted by Crippen LogP contribution is -2.54. The number of nitrogens with one attached hydrogen (secondary N) is 4. The molecule has 3 fully saturated rings. The number of ether oxygens (including phenoxy) is 2. The number of fused-ring (bicyclic) bond motifs is 4. The number of H-pyrrole nitrogens is 2. The van der Waals surface area contributed by atoms with Crippen LogP contribution in [0.4, 0.5) is 9.59 Å². The maximum Gasteiger partial charge on any atom is 0.407 e. The van der Waals surface area contributed by atoms with Crippen LogP contribution >= 0.6 is 0 Å². The van der Waals surface area contributed by atoms with Gasteiger partial charge in [0.25, 0.3) is 0 Å². The van der Waals surface area contributed by atoms with E-state index in [0.717, 1.165) is 98.9 Å². The minimum Gasteiger partial charge on any atom is -0.453 e. The fourth-order valence-electron chi connectivity index (χ4n) is 10.2. The summed E-state index contributed by atoms with van der Waals surface area (Å²) in [4.78, 5) is 72.2. The van der Waals surface area contributed by atoms with Crippen molar-refractivity contribution in [2.24, 2.45) is 17.8 Å². The lowest BCUT2D eigenvalue weighted by atomic mass is 9.95. The molecule has 2 bridgehead atoms. The van der Waals surface area contributed by atoms with Gasteiger partial charge in [-0.25, -0.2) is 19.6 Å². The number of imidazole rings is 2. The number of hydrogen-bond donors (Lipinski definition) is 4. The van der Waals surface area contributed by atoms with Gasteiger partial charge in [0.15, 0.2) is 0 Å². The van der Waals surface area contributed by atoms with Gasteiger partial charge in [0.2, 0.25) is 11.8 Å². The van der Waals surface area contributed by atoms with Crippen LogP contribution in [0, 0.1) is 17.8 Å². The Morgan fingerprint density at radius 2 is 1.12 bits per heavy atom. The first-order valence-electron chi connectivity index (χ1n) is 22.4. The number of benzene rings is 4. The summed E-state index contributed by atoms with van der Waals surface area (Å²) in [6, 6.07) is 24.2. The molecule has 0 spiro atoms. The summed E-state index contributed by atoms with van der Waals surface area (Å²) < 4.78 is 9.62. The highest BCUT2D eigenvalue weighted by Crippen LogP contribution is 2.50. The van der Waals surface area contributed by atoms with Gasteiger partial charge in [-0.3, -0.25) is 9.59 Å². The Morgan fingerprint density at radius 1 is 0.646 bits per heavy atom. The van der Waals surface area contributed by atoms with Crippen molar-refractivity contribution >= 4 is 45.5 Å². The largest absolute Gasteiger partial charge is 0.453 e. The Kier molecular flexibility index (Phi) is 12.7. The predicted octanol–water partition coefficient (Wildman–Crippen LogP) is 9.55. The average Bonchev–Trinajstić information content (AvgIpc) is 4.17. The smallest absolute Gasteiger partial charge is 0.407 e. The van der Waals surface area contributed by atoms with Crippen LogP contribution in [0.1, 0.15) is 91.0 Å². The van der Waals surface area contributed by atoms with Crippen LogP contribution in [0.25, 0.3) is 55.2 Å². The van der Waals surface area contributed by atoms with Crippen LogP contribution in [0.15, 0.2) is 85.2 Å². The van der Waals surface area contributed by atoms with Crippen molar-refractivity contribution in [3.8, 4) is 33.6 Å². The molecule has 2 saturated heterocycles. The summed E-state index contributed by atoms with van der Waals surface area (Å²) >= 11 is 0. The lowest BCUT2D eigenvalue weighted by molar-refractivity contribution is -0.139. The number of likely N-dealkylation sites (tertiary alicyclic amines) is 2. The first-order chi connectivity index (χ1) is 30.9. The molecule has 2 aromatic heterocycles. The zero-order valence-corrected chi connectivity index (χ0v) is 37.2. The highest BCUT2D eigenvalue weighted by atomic mass is 16.5. The maximum absolute atomic E-state index is 14.0. The Morgan fingerprint density at radius 3 is 1.65 bits per heavy atom. The number of amides is 4. The Labute approximate surface area is 379 Å². The van der Waals surface area contributed by atoms with E-state index in [-0.39, 0.29) is 49.2 Å². The van der Waals surface area contributed by atoms with Gasteiger partial charge < -0.3 is 39.9 Å². The zero-order chi connectivity index (χ0) is 44.8. The van der Waals surface area contributed by atoms with Crippen LogP contribution in [-0.4, -0.2) is 92.6 Å². The molecule has 6 aromatic rings.